The van der Waals surface area contributed by atoms with Crippen LogP contribution in [0.3, 0.4) is 0 Å². The summed E-state index contributed by atoms with van der Waals surface area (Å²) in [5.41, 5.74) is 1.92. The fourth-order valence-corrected chi connectivity index (χ4v) is 5.48. The standard InChI is InChI=1S/C33H47NO3/c1-2-3-4-5-6-7-8-9-10-11-12-13-14-15-16-24-32(35)34-29-21-18-17-20-28(29)33-30(34)22-19-23-31(33)37-26-27-25-36-27/h17-23,27H,2-16,24-26H2,1H3. The first-order valence-electron chi connectivity index (χ1n) is 15.1. The molecular weight excluding hydrogens is 458 g/mol. The molecule has 1 aliphatic heterocycles. The SMILES string of the molecule is CCCCCCCCCCCCCCCCCC(=O)n1c2ccccc2c2c(OCC3CO3)cccc21. The first-order valence-corrected chi connectivity index (χ1v) is 15.1. The molecule has 0 amide bonds. The van der Waals surface area contributed by atoms with Crippen LogP contribution in [0.1, 0.15) is 114 Å². The summed E-state index contributed by atoms with van der Waals surface area (Å²) in [6.45, 7) is 3.62. The number of aromatic nitrogens is 1. The number of unbranched alkanes of at least 4 members (excludes halogenated alkanes) is 14. The number of carbonyl (C=O) groups excluding carboxylic acids is 1. The minimum Gasteiger partial charge on any atom is -0.490 e. The van der Waals surface area contributed by atoms with Gasteiger partial charge in [0.2, 0.25) is 5.91 Å². The summed E-state index contributed by atoms with van der Waals surface area (Å²) in [6, 6.07) is 14.2. The van der Waals surface area contributed by atoms with Crippen LogP contribution in [0.15, 0.2) is 42.5 Å². The van der Waals surface area contributed by atoms with E-state index in [9.17, 15) is 4.79 Å². The van der Waals surface area contributed by atoms with Crippen molar-refractivity contribution in [3.8, 4) is 5.75 Å². The van der Waals surface area contributed by atoms with E-state index < -0.39 is 0 Å². The summed E-state index contributed by atoms with van der Waals surface area (Å²) in [6.07, 6.45) is 20.8. The zero-order valence-electron chi connectivity index (χ0n) is 23.0. The maximum absolute atomic E-state index is 13.4. The molecule has 3 aromatic rings. The first-order chi connectivity index (χ1) is 18.3. The second-order valence-corrected chi connectivity index (χ2v) is 10.9. The Morgan fingerprint density at radius 2 is 1.35 bits per heavy atom. The number of nitrogens with zero attached hydrogens (tertiary/aromatic N) is 1. The van der Waals surface area contributed by atoms with Crippen LogP contribution in [-0.2, 0) is 4.74 Å². The van der Waals surface area contributed by atoms with Gasteiger partial charge in [0.05, 0.1) is 23.0 Å². The van der Waals surface area contributed by atoms with Crippen LogP contribution < -0.4 is 4.74 Å². The highest BCUT2D eigenvalue weighted by Crippen LogP contribution is 2.36. The number of rotatable bonds is 19. The van der Waals surface area contributed by atoms with Gasteiger partial charge in [-0.1, -0.05) is 121 Å². The van der Waals surface area contributed by atoms with Crippen LogP contribution in [0.5, 0.6) is 5.75 Å². The molecule has 2 heterocycles. The molecule has 0 saturated carbocycles. The summed E-state index contributed by atoms with van der Waals surface area (Å²) in [5, 5.41) is 2.11. The van der Waals surface area contributed by atoms with Gasteiger partial charge in [-0.25, -0.2) is 0 Å². The number of benzene rings is 2. The number of hydrogen-bond acceptors (Lipinski definition) is 3. The number of hydrogen-bond donors (Lipinski definition) is 0. The number of carbonyl (C=O) groups is 1. The summed E-state index contributed by atoms with van der Waals surface area (Å²) >= 11 is 0. The van der Waals surface area contributed by atoms with Crippen molar-refractivity contribution < 1.29 is 14.3 Å². The lowest BCUT2D eigenvalue weighted by Gasteiger charge is -2.08. The fourth-order valence-electron chi connectivity index (χ4n) is 5.48. The molecule has 1 atom stereocenters. The largest absolute Gasteiger partial charge is 0.490 e. The second kappa shape index (κ2) is 15.2. The van der Waals surface area contributed by atoms with Gasteiger partial charge in [-0.05, 0) is 24.6 Å². The first kappa shape index (κ1) is 27.7. The number of para-hydroxylation sites is 1. The van der Waals surface area contributed by atoms with Gasteiger partial charge in [0, 0.05) is 11.8 Å². The Bertz CT molecular complexity index is 1100. The molecule has 1 fully saturated rings. The van der Waals surface area contributed by atoms with Crippen molar-refractivity contribution in [3.63, 3.8) is 0 Å². The van der Waals surface area contributed by atoms with Gasteiger partial charge in [0.25, 0.3) is 0 Å². The third kappa shape index (κ3) is 8.33. The molecule has 4 nitrogen and oxygen atoms in total. The molecule has 1 saturated heterocycles. The molecule has 1 aliphatic rings. The van der Waals surface area contributed by atoms with Crippen LogP contribution in [0.2, 0.25) is 0 Å². The van der Waals surface area contributed by atoms with E-state index in [0.717, 1.165) is 47.0 Å². The van der Waals surface area contributed by atoms with Crippen molar-refractivity contribution >= 4 is 27.7 Å². The predicted octanol–water partition coefficient (Wildman–Crippen LogP) is 9.47. The Kier molecular flexibility index (Phi) is 11.4. The molecule has 4 heteroatoms. The van der Waals surface area contributed by atoms with Crippen molar-refractivity contribution in [1.82, 2.24) is 4.57 Å². The molecular formula is C33H47NO3. The van der Waals surface area contributed by atoms with Gasteiger partial charge in [0.1, 0.15) is 18.5 Å². The Hall–Kier alpha value is -2.33. The van der Waals surface area contributed by atoms with E-state index in [2.05, 4.69) is 13.0 Å². The van der Waals surface area contributed by atoms with Crippen LogP contribution in [0, 0.1) is 0 Å². The third-order valence-electron chi connectivity index (χ3n) is 7.73. The molecule has 0 N–H and O–H groups in total. The molecule has 1 unspecified atom stereocenters. The van der Waals surface area contributed by atoms with E-state index >= 15 is 0 Å². The molecule has 4 rings (SSSR count). The molecule has 202 valence electrons. The predicted molar refractivity (Wildman–Crippen MR) is 155 cm³/mol. The van der Waals surface area contributed by atoms with E-state index in [1.807, 2.05) is 41.0 Å². The zero-order valence-corrected chi connectivity index (χ0v) is 23.0. The lowest BCUT2D eigenvalue weighted by atomic mass is 10.0. The monoisotopic (exact) mass is 505 g/mol. The Morgan fingerprint density at radius 3 is 1.97 bits per heavy atom. The van der Waals surface area contributed by atoms with Gasteiger partial charge in [-0.3, -0.25) is 9.36 Å². The molecule has 0 radical (unpaired) electrons. The highest BCUT2D eigenvalue weighted by molar-refractivity contribution is 6.15. The summed E-state index contributed by atoms with van der Waals surface area (Å²) < 4.78 is 13.3. The molecule has 0 bridgehead atoms. The second-order valence-electron chi connectivity index (χ2n) is 10.9. The van der Waals surface area contributed by atoms with Crippen molar-refractivity contribution in [2.45, 2.75) is 116 Å². The number of fused-ring (bicyclic) bond motifs is 3. The Morgan fingerprint density at radius 1 is 0.784 bits per heavy atom. The van der Waals surface area contributed by atoms with E-state index in [1.54, 1.807) is 0 Å². The lowest BCUT2D eigenvalue weighted by molar-refractivity contribution is 0.0909. The van der Waals surface area contributed by atoms with Crippen LogP contribution in [0.25, 0.3) is 21.8 Å². The van der Waals surface area contributed by atoms with Crippen molar-refractivity contribution in [2.24, 2.45) is 0 Å². The molecule has 0 spiro atoms. The van der Waals surface area contributed by atoms with Gasteiger partial charge in [-0.15, -0.1) is 0 Å². The minimum absolute atomic E-state index is 0.184. The molecule has 1 aromatic heterocycles. The quantitative estimate of drug-likeness (QED) is 0.120. The minimum atomic E-state index is 0.184. The average molecular weight is 506 g/mol. The van der Waals surface area contributed by atoms with E-state index in [0.29, 0.717) is 13.0 Å². The molecule has 0 aliphatic carbocycles. The smallest absolute Gasteiger partial charge is 0.231 e. The van der Waals surface area contributed by atoms with Crippen LogP contribution >= 0.6 is 0 Å². The maximum Gasteiger partial charge on any atom is 0.231 e. The van der Waals surface area contributed by atoms with Crippen LogP contribution in [0.4, 0.5) is 0 Å². The van der Waals surface area contributed by atoms with Crippen molar-refractivity contribution in [2.75, 3.05) is 13.2 Å². The highest BCUT2D eigenvalue weighted by Gasteiger charge is 2.24. The van der Waals surface area contributed by atoms with Gasteiger partial charge >= 0.3 is 0 Å². The Labute approximate surface area is 223 Å². The molecule has 2 aromatic carbocycles. The number of epoxide rings is 1. The van der Waals surface area contributed by atoms with Crippen molar-refractivity contribution in [3.05, 3.63) is 42.5 Å². The zero-order chi connectivity index (χ0) is 25.7. The fraction of sp³-hybridized carbons (Fsp3) is 0.606. The summed E-state index contributed by atoms with van der Waals surface area (Å²) in [5.74, 6) is 1.02. The van der Waals surface area contributed by atoms with E-state index in [4.69, 9.17) is 9.47 Å². The highest BCUT2D eigenvalue weighted by atomic mass is 16.6. The third-order valence-corrected chi connectivity index (χ3v) is 7.73. The lowest BCUT2D eigenvalue weighted by Crippen LogP contribution is -2.10. The van der Waals surface area contributed by atoms with E-state index in [1.165, 1.54) is 83.5 Å². The van der Waals surface area contributed by atoms with Gasteiger partial charge in [0.15, 0.2) is 0 Å². The molecule has 37 heavy (non-hydrogen) atoms. The topological polar surface area (TPSA) is 43.8 Å². The summed E-state index contributed by atoms with van der Waals surface area (Å²) in [4.78, 5) is 13.4. The van der Waals surface area contributed by atoms with Crippen molar-refractivity contribution in [1.29, 1.82) is 0 Å². The number of ether oxygens (including phenoxy) is 2. The normalized spacial score (nSPS) is 15.0. The van der Waals surface area contributed by atoms with Crippen LogP contribution in [-0.4, -0.2) is 29.8 Å². The van der Waals surface area contributed by atoms with E-state index in [-0.39, 0.29) is 12.0 Å². The Balaban J connectivity index is 1.16. The maximum atomic E-state index is 13.4. The average Bonchev–Trinajstić information content (AvgIpc) is 3.69. The van der Waals surface area contributed by atoms with Gasteiger partial charge < -0.3 is 9.47 Å². The van der Waals surface area contributed by atoms with Gasteiger partial charge in [-0.2, -0.15) is 0 Å². The summed E-state index contributed by atoms with van der Waals surface area (Å²) in [7, 11) is 0.